The van der Waals surface area contributed by atoms with E-state index in [0.717, 1.165) is 25.7 Å². The molecule has 0 aliphatic heterocycles. The van der Waals surface area contributed by atoms with Crippen LogP contribution in [-0.2, 0) is 0 Å². The van der Waals surface area contributed by atoms with Crippen molar-refractivity contribution in [1.82, 2.24) is 4.90 Å². The predicted octanol–water partition coefficient (Wildman–Crippen LogP) is 2.81. The van der Waals surface area contributed by atoms with Crippen LogP contribution in [0.15, 0.2) is 18.2 Å². The van der Waals surface area contributed by atoms with Crippen LogP contribution in [0.1, 0.15) is 36.0 Å². The first kappa shape index (κ1) is 14.7. The average Bonchev–Trinajstić information content (AvgIpc) is 2.89. The minimum atomic E-state index is -0.337. The number of hydrogen-bond acceptors (Lipinski definition) is 2. The minimum Gasteiger partial charge on any atom is -0.395 e. The Kier molecular flexibility index (Phi) is 5.15. The van der Waals surface area contributed by atoms with Gasteiger partial charge in [-0.3, -0.25) is 4.79 Å². The van der Waals surface area contributed by atoms with E-state index in [1.54, 1.807) is 4.90 Å². The first-order valence-corrected chi connectivity index (χ1v) is 7.58. The second kappa shape index (κ2) is 6.65. The number of benzene rings is 1. The van der Waals surface area contributed by atoms with E-state index in [4.69, 9.17) is 5.11 Å². The number of nitrogens with zero attached hydrogens (tertiary/aromatic N) is 1. The largest absolute Gasteiger partial charge is 0.395 e. The van der Waals surface area contributed by atoms with E-state index < -0.39 is 0 Å². The van der Waals surface area contributed by atoms with Crippen LogP contribution in [0, 0.1) is 9.39 Å². The zero-order valence-corrected chi connectivity index (χ0v) is 12.8. The van der Waals surface area contributed by atoms with Gasteiger partial charge in [-0.05, 0) is 53.6 Å². The van der Waals surface area contributed by atoms with Gasteiger partial charge in [-0.1, -0.05) is 12.8 Å². The smallest absolute Gasteiger partial charge is 0.255 e. The maximum Gasteiger partial charge on any atom is 0.255 e. The molecule has 1 aromatic carbocycles. The predicted molar refractivity (Wildman–Crippen MR) is 79.5 cm³/mol. The van der Waals surface area contributed by atoms with Crippen LogP contribution in [-0.4, -0.2) is 35.1 Å². The highest BCUT2D eigenvalue weighted by Crippen LogP contribution is 2.26. The molecular weight excluding hydrogens is 360 g/mol. The molecule has 5 heteroatoms. The third-order valence-corrected chi connectivity index (χ3v) is 4.42. The normalized spacial score (nSPS) is 15.7. The maximum atomic E-state index is 13.1. The van der Waals surface area contributed by atoms with E-state index in [2.05, 4.69) is 0 Å². The highest BCUT2D eigenvalue weighted by Gasteiger charge is 2.27. The molecule has 1 fully saturated rings. The number of aliphatic hydroxyl groups excluding tert-OH is 1. The molecule has 1 aromatic rings. The molecule has 1 aliphatic carbocycles. The molecule has 0 unspecified atom stereocenters. The summed E-state index contributed by atoms with van der Waals surface area (Å²) >= 11 is 1.98. The summed E-state index contributed by atoms with van der Waals surface area (Å²) in [7, 11) is 0. The average molecular weight is 377 g/mol. The Balaban J connectivity index is 2.22. The summed E-state index contributed by atoms with van der Waals surface area (Å²) in [4.78, 5) is 14.3. The number of halogens is 2. The van der Waals surface area contributed by atoms with Crippen LogP contribution in [0.4, 0.5) is 4.39 Å². The Hall–Kier alpha value is -0.690. The van der Waals surface area contributed by atoms with Crippen molar-refractivity contribution in [3.63, 3.8) is 0 Å². The van der Waals surface area contributed by atoms with Crippen molar-refractivity contribution in [2.45, 2.75) is 31.7 Å². The van der Waals surface area contributed by atoms with E-state index in [-0.39, 0.29) is 24.4 Å². The Morgan fingerprint density at radius 3 is 2.68 bits per heavy atom. The number of carbonyl (C=O) groups excluding carboxylic acids is 1. The van der Waals surface area contributed by atoms with Crippen molar-refractivity contribution < 1.29 is 14.3 Å². The van der Waals surface area contributed by atoms with Gasteiger partial charge in [0.05, 0.1) is 12.2 Å². The van der Waals surface area contributed by atoms with E-state index in [0.29, 0.717) is 15.7 Å². The summed E-state index contributed by atoms with van der Waals surface area (Å²) in [6.07, 6.45) is 4.23. The maximum absolute atomic E-state index is 13.1. The van der Waals surface area contributed by atoms with E-state index >= 15 is 0 Å². The van der Waals surface area contributed by atoms with Gasteiger partial charge >= 0.3 is 0 Å². The van der Waals surface area contributed by atoms with Crippen molar-refractivity contribution in [3.8, 4) is 0 Å². The highest BCUT2D eigenvalue weighted by molar-refractivity contribution is 14.1. The van der Waals surface area contributed by atoms with Crippen molar-refractivity contribution >= 4 is 28.5 Å². The fourth-order valence-corrected chi connectivity index (χ4v) is 3.30. The first-order valence-electron chi connectivity index (χ1n) is 6.50. The third kappa shape index (κ3) is 3.45. The minimum absolute atomic E-state index is 0.0417. The Bertz CT molecular complexity index is 461. The quantitative estimate of drug-likeness (QED) is 0.820. The van der Waals surface area contributed by atoms with Gasteiger partial charge in [-0.25, -0.2) is 4.39 Å². The highest BCUT2D eigenvalue weighted by atomic mass is 127. The van der Waals surface area contributed by atoms with Crippen molar-refractivity contribution in [3.05, 3.63) is 33.1 Å². The van der Waals surface area contributed by atoms with Crippen LogP contribution in [0.2, 0.25) is 0 Å². The molecule has 3 nitrogen and oxygen atoms in total. The number of hydrogen-bond donors (Lipinski definition) is 1. The van der Waals surface area contributed by atoms with E-state index in [1.807, 2.05) is 22.6 Å². The Morgan fingerprint density at radius 1 is 1.42 bits per heavy atom. The zero-order chi connectivity index (χ0) is 13.8. The van der Waals surface area contributed by atoms with Crippen LogP contribution >= 0.6 is 22.6 Å². The van der Waals surface area contributed by atoms with Crippen LogP contribution in [0.25, 0.3) is 0 Å². The van der Waals surface area contributed by atoms with Gasteiger partial charge in [0.1, 0.15) is 5.82 Å². The van der Waals surface area contributed by atoms with Crippen molar-refractivity contribution in [1.29, 1.82) is 0 Å². The molecule has 1 aliphatic rings. The molecule has 0 spiro atoms. The molecule has 0 heterocycles. The summed E-state index contributed by atoms with van der Waals surface area (Å²) in [5, 5.41) is 9.15. The van der Waals surface area contributed by atoms with Crippen LogP contribution in [0.5, 0.6) is 0 Å². The fraction of sp³-hybridized carbons (Fsp3) is 0.500. The SMILES string of the molecule is O=C(c1ccc(F)cc1I)N(CCO)C1CCCC1. The molecule has 2 rings (SSSR count). The van der Waals surface area contributed by atoms with Crippen LogP contribution < -0.4 is 0 Å². The third-order valence-electron chi connectivity index (χ3n) is 3.53. The number of rotatable bonds is 4. The number of carbonyl (C=O) groups is 1. The molecule has 0 atom stereocenters. The topological polar surface area (TPSA) is 40.5 Å². The standard InChI is InChI=1S/C14H17FINO2/c15-10-5-6-12(13(16)9-10)14(19)17(7-8-18)11-3-1-2-4-11/h5-6,9,11,18H,1-4,7-8H2. The lowest BCUT2D eigenvalue weighted by Gasteiger charge is -2.28. The molecule has 19 heavy (non-hydrogen) atoms. The number of amides is 1. The van der Waals surface area contributed by atoms with E-state index in [1.165, 1.54) is 18.2 Å². The van der Waals surface area contributed by atoms with Crippen molar-refractivity contribution in [2.75, 3.05) is 13.2 Å². The lowest BCUT2D eigenvalue weighted by molar-refractivity contribution is 0.0637. The molecule has 1 saturated carbocycles. The summed E-state index contributed by atoms with van der Waals surface area (Å²) in [5.74, 6) is -0.444. The van der Waals surface area contributed by atoms with E-state index in [9.17, 15) is 9.18 Å². The van der Waals surface area contributed by atoms with Gasteiger partial charge in [0.2, 0.25) is 0 Å². The van der Waals surface area contributed by atoms with Gasteiger partial charge in [0.15, 0.2) is 0 Å². The van der Waals surface area contributed by atoms with Gasteiger partial charge in [0, 0.05) is 16.2 Å². The van der Waals surface area contributed by atoms with Crippen LogP contribution in [0.3, 0.4) is 0 Å². The second-order valence-corrected chi connectivity index (χ2v) is 5.95. The van der Waals surface area contributed by atoms with Gasteiger partial charge in [0.25, 0.3) is 5.91 Å². The number of aliphatic hydroxyl groups is 1. The molecular formula is C14H17FINO2. The first-order chi connectivity index (χ1) is 9.13. The van der Waals surface area contributed by atoms with Gasteiger partial charge < -0.3 is 10.0 Å². The Morgan fingerprint density at radius 2 is 2.11 bits per heavy atom. The summed E-state index contributed by atoms with van der Waals surface area (Å²) in [5.41, 5.74) is 0.516. The zero-order valence-electron chi connectivity index (χ0n) is 10.6. The molecule has 104 valence electrons. The lowest BCUT2D eigenvalue weighted by Crippen LogP contribution is -2.41. The molecule has 1 amide bonds. The Labute approximate surface area is 125 Å². The second-order valence-electron chi connectivity index (χ2n) is 4.78. The molecule has 0 aromatic heterocycles. The monoisotopic (exact) mass is 377 g/mol. The molecule has 1 N–H and O–H groups in total. The van der Waals surface area contributed by atoms with Crippen molar-refractivity contribution in [2.24, 2.45) is 0 Å². The van der Waals surface area contributed by atoms with Gasteiger partial charge in [-0.2, -0.15) is 0 Å². The summed E-state index contributed by atoms with van der Waals surface area (Å²) in [6.45, 7) is 0.303. The van der Waals surface area contributed by atoms with Gasteiger partial charge in [-0.15, -0.1) is 0 Å². The molecule has 0 radical (unpaired) electrons. The summed E-state index contributed by atoms with van der Waals surface area (Å²) < 4.78 is 13.7. The molecule has 0 bridgehead atoms. The fourth-order valence-electron chi connectivity index (χ4n) is 2.59. The summed E-state index contributed by atoms with van der Waals surface area (Å²) in [6, 6.07) is 4.40. The molecule has 0 saturated heterocycles. The lowest BCUT2D eigenvalue weighted by atomic mass is 10.1.